The number of hydrogen-bond donors (Lipinski definition) is 5. The average molecular weight is 536 g/mol. The number of aliphatic hydroxyl groups is 1. The van der Waals surface area contributed by atoms with E-state index in [9.17, 15) is 19.5 Å². The van der Waals surface area contributed by atoms with Crippen molar-refractivity contribution in [2.45, 2.75) is 45.4 Å². The Morgan fingerprint density at radius 3 is 2.30 bits per heavy atom. The largest absolute Gasteiger partial charge is 0.453 e. The summed E-state index contributed by atoms with van der Waals surface area (Å²) in [6, 6.07) is 6.60. The minimum absolute atomic E-state index is 0.122. The Hall–Kier alpha value is -2.12. The Labute approximate surface area is 189 Å². The smallest absolute Gasteiger partial charge is 0.407 e. The first kappa shape index (κ1) is 25.9. The van der Waals surface area contributed by atoms with E-state index in [-0.39, 0.29) is 13.0 Å². The molecule has 1 aromatic rings. The molecule has 168 valence electrons. The molecule has 0 saturated carbocycles. The Kier molecular flexibility index (Phi) is 10.3. The zero-order chi connectivity index (χ0) is 22.9. The van der Waals surface area contributed by atoms with Gasteiger partial charge in [-0.15, -0.1) is 0 Å². The monoisotopic (exact) mass is 536 g/mol. The Morgan fingerprint density at radius 1 is 1.20 bits per heavy atom. The van der Waals surface area contributed by atoms with Gasteiger partial charge in [0, 0.05) is 16.5 Å². The third-order valence-corrected chi connectivity index (χ3v) is 4.86. The van der Waals surface area contributed by atoms with Crippen molar-refractivity contribution < 1.29 is 29.0 Å². The molecule has 3 atom stereocenters. The number of amides is 3. The molecule has 0 spiro atoms. The van der Waals surface area contributed by atoms with Crippen molar-refractivity contribution in [2.24, 2.45) is 11.1 Å². The van der Waals surface area contributed by atoms with Gasteiger partial charge in [-0.2, -0.15) is 0 Å². The molecule has 0 aromatic heterocycles. The summed E-state index contributed by atoms with van der Waals surface area (Å²) < 4.78 is 10.6. The summed E-state index contributed by atoms with van der Waals surface area (Å²) in [5.74, 6) is -0.523. The molecule has 0 aliphatic carbocycles. The lowest BCUT2D eigenvalue weighted by Gasteiger charge is -2.30. The molecule has 11 heteroatoms. The molecule has 3 amide bonds. The number of primary amides is 1. The van der Waals surface area contributed by atoms with Gasteiger partial charge < -0.3 is 25.6 Å². The zero-order valence-electron chi connectivity index (χ0n) is 17.4. The summed E-state index contributed by atoms with van der Waals surface area (Å²) >= 11 is 2.17. The van der Waals surface area contributed by atoms with Crippen LogP contribution in [0.3, 0.4) is 0 Å². The van der Waals surface area contributed by atoms with Crippen molar-refractivity contribution in [3.63, 3.8) is 0 Å². The van der Waals surface area contributed by atoms with Gasteiger partial charge in [-0.05, 0) is 45.7 Å². The number of alkyl carbamates (subject to hydrolysis) is 1. The molecule has 0 aliphatic heterocycles. The lowest BCUT2D eigenvalue weighted by atomic mass is 9.86. The van der Waals surface area contributed by atoms with Crippen molar-refractivity contribution in [1.29, 1.82) is 0 Å². The second-order valence-corrected chi connectivity index (χ2v) is 8.92. The highest BCUT2D eigenvalue weighted by atomic mass is 127. The van der Waals surface area contributed by atoms with Gasteiger partial charge in [0.25, 0.3) is 5.91 Å². The topological polar surface area (TPSA) is 152 Å². The lowest BCUT2D eigenvalue weighted by Crippen LogP contribution is -2.57. The Bertz CT molecular complexity index is 723. The van der Waals surface area contributed by atoms with Crippen LogP contribution in [0.15, 0.2) is 24.3 Å². The van der Waals surface area contributed by atoms with E-state index in [4.69, 9.17) is 10.5 Å². The van der Waals surface area contributed by atoms with Gasteiger partial charge in [0.1, 0.15) is 18.2 Å². The minimum atomic E-state index is -1.15. The molecule has 6 N–H and O–H groups in total. The van der Waals surface area contributed by atoms with Gasteiger partial charge in [-0.3, -0.25) is 10.2 Å². The predicted molar refractivity (Wildman–Crippen MR) is 118 cm³/mol. The first-order valence-electron chi connectivity index (χ1n) is 9.19. The molecule has 0 aliphatic rings. The average Bonchev–Trinajstić information content (AvgIpc) is 2.65. The summed E-state index contributed by atoms with van der Waals surface area (Å²) in [7, 11) is 1.20. The molecule has 10 nitrogen and oxygen atoms in total. The molecule has 0 heterocycles. The first-order chi connectivity index (χ1) is 13.9. The molecule has 1 aromatic carbocycles. The Balaban J connectivity index is 2.69. The number of hydrazine groups is 1. The first-order valence-corrected chi connectivity index (χ1v) is 10.3. The highest BCUT2D eigenvalue weighted by Crippen LogP contribution is 2.19. The standard InChI is InChI=1S/C19H29IN4O6/c1-19(2,3)15(23-18(28)29-4)16(26)24-22-10-13(25)14(30-17(21)27)9-11-5-7-12(20)8-6-11/h5-8,13-15,22,25H,9-10H2,1-4H3,(H2,21,27)(H,23,28)(H,24,26)/t13-,14-,15?/m0/s1. The number of aliphatic hydroxyl groups excluding tert-OH is 1. The van der Waals surface area contributed by atoms with Gasteiger partial charge in [0.05, 0.1) is 7.11 Å². The third kappa shape index (κ3) is 9.13. The van der Waals surface area contributed by atoms with Gasteiger partial charge in [-0.25, -0.2) is 15.0 Å². The molecule has 30 heavy (non-hydrogen) atoms. The molecule has 0 radical (unpaired) electrons. The maximum Gasteiger partial charge on any atom is 0.407 e. The quantitative estimate of drug-likeness (QED) is 0.234. The zero-order valence-corrected chi connectivity index (χ0v) is 19.6. The molecular formula is C19H29IN4O6. The number of nitrogens with two attached hydrogens (primary N) is 1. The number of carbonyl (C=O) groups is 3. The number of benzene rings is 1. The van der Waals surface area contributed by atoms with Crippen LogP contribution in [0.5, 0.6) is 0 Å². The molecular weight excluding hydrogens is 507 g/mol. The van der Waals surface area contributed by atoms with Gasteiger partial charge in [0.15, 0.2) is 0 Å². The molecule has 1 rings (SSSR count). The molecule has 1 unspecified atom stereocenters. The molecule has 0 fully saturated rings. The highest BCUT2D eigenvalue weighted by Gasteiger charge is 2.33. The van der Waals surface area contributed by atoms with Crippen LogP contribution >= 0.6 is 22.6 Å². The molecule has 0 bridgehead atoms. The SMILES string of the molecule is COC(=O)NC(C(=O)NNC[C@H](O)[C@H](Cc1ccc(I)cc1)OC(N)=O)C(C)(C)C. The van der Waals surface area contributed by atoms with Crippen molar-refractivity contribution in [3.05, 3.63) is 33.4 Å². The maximum absolute atomic E-state index is 12.5. The van der Waals surface area contributed by atoms with Gasteiger partial charge in [-0.1, -0.05) is 32.9 Å². The van der Waals surface area contributed by atoms with E-state index >= 15 is 0 Å². The predicted octanol–water partition coefficient (Wildman–Crippen LogP) is 1.05. The highest BCUT2D eigenvalue weighted by molar-refractivity contribution is 14.1. The van der Waals surface area contributed by atoms with Crippen LogP contribution in [0, 0.1) is 8.99 Å². The van der Waals surface area contributed by atoms with Crippen molar-refractivity contribution in [1.82, 2.24) is 16.2 Å². The summed E-state index contributed by atoms with van der Waals surface area (Å²) in [6.45, 7) is 5.21. The van der Waals surface area contributed by atoms with Crippen LogP contribution in [-0.4, -0.2) is 55.1 Å². The summed E-state index contributed by atoms with van der Waals surface area (Å²) in [4.78, 5) is 35.2. The summed E-state index contributed by atoms with van der Waals surface area (Å²) in [6.07, 6.45) is -3.58. The number of hydrogen-bond acceptors (Lipinski definition) is 7. The number of nitrogens with one attached hydrogen (secondary N) is 3. The van der Waals surface area contributed by atoms with Crippen LogP contribution in [-0.2, 0) is 20.7 Å². The van der Waals surface area contributed by atoms with Crippen LogP contribution in [0.4, 0.5) is 9.59 Å². The van der Waals surface area contributed by atoms with Crippen molar-refractivity contribution in [2.75, 3.05) is 13.7 Å². The second kappa shape index (κ2) is 11.9. The minimum Gasteiger partial charge on any atom is -0.453 e. The number of carbonyl (C=O) groups excluding carboxylic acids is 3. The van der Waals surface area contributed by atoms with Crippen molar-refractivity contribution >= 4 is 40.7 Å². The van der Waals surface area contributed by atoms with Crippen LogP contribution in [0.25, 0.3) is 0 Å². The van der Waals surface area contributed by atoms with Crippen molar-refractivity contribution in [3.8, 4) is 0 Å². The summed E-state index contributed by atoms with van der Waals surface area (Å²) in [5, 5.41) is 12.9. The number of rotatable bonds is 9. The van der Waals surface area contributed by atoms with E-state index in [0.717, 1.165) is 9.13 Å². The van der Waals surface area contributed by atoms with Crippen LogP contribution in [0.1, 0.15) is 26.3 Å². The number of halogens is 1. The van der Waals surface area contributed by atoms with Crippen LogP contribution in [0.2, 0.25) is 0 Å². The number of ether oxygens (including phenoxy) is 2. The summed E-state index contributed by atoms with van der Waals surface area (Å²) in [5.41, 5.74) is 10.4. The van der Waals surface area contributed by atoms with Gasteiger partial charge >= 0.3 is 12.2 Å². The number of methoxy groups -OCH3 is 1. The van der Waals surface area contributed by atoms with E-state index in [2.05, 4.69) is 43.5 Å². The Morgan fingerprint density at radius 2 is 1.80 bits per heavy atom. The second-order valence-electron chi connectivity index (χ2n) is 7.68. The van der Waals surface area contributed by atoms with Crippen LogP contribution < -0.4 is 21.9 Å². The van der Waals surface area contributed by atoms with Gasteiger partial charge in [0.2, 0.25) is 0 Å². The van der Waals surface area contributed by atoms with E-state index in [1.165, 1.54) is 7.11 Å². The van der Waals surface area contributed by atoms with E-state index < -0.39 is 41.8 Å². The lowest BCUT2D eigenvalue weighted by molar-refractivity contribution is -0.126. The molecule has 0 saturated heterocycles. The van der Waals surface area contributed by atoms with E-state index in [1.807, 2.05) is 24.3 Å². The third-order valence-electron chi connectivity index (χ3n) is 4.15. The fraction of sp³-hybridized carbons (Fsp3) is 0.526. The fourth-order valence-corrected chi connectivity index (χ4v) is 2.92. The van der Waals surface area contributed by atoms with E-state index in [0.29, 0.717) is 0 Å². The normalized spacial score (nSPS) is 14.2. The fourth-order valence-electron chi connectivity index (χ4n) is 2.56. The maximum atomic E-state index is 12.5. The van der Waals surface area contributed by atoms with E-state index in [1.54, 1.807) is 20.8 Å².